The first-order valence-corrected chi connectivity index (χ1v) is 7.86. The van der Waals surface area contributed by atoms with E-state index in [1.54, 1.807) is 0 Å². The van der Waals surface area contributed by atoms with Crippen molar-refractivity contribution in [1.29, 1.82) is 0 Å². The quantitative estimate of drug-likeness (QED) is 0.824. The van der Waals surface area contributed by atoms with Crippen LogP contribution >= 0.6 is 15.9 Å². The van der Waals surface area contributed by atoms with Gasteiger partial charge in [0.1, 0.15) is 5.82 Å². The molecule has 2 N–H and O–H groups in total. The van der Waals surface area contributed by atoms with Gasteiger partial charge in [0.05, 0.1) is 0 Å². The first kappa shape index (κ1) is 15.8. The van der Waals surface area contributed by atoms with Crippen LogP contribution in [-0.4, -0.2) is 16.5 Å². The van der Waals surface area contributed by atoms with E-state index in [1.165, 1.54) is 5.56 Å². The molecule has 21 heavy (non-hydrogen) atoms. The molecular formula is C16H21BrN4. The Morgan fingerprint density at radius 3 is 2.57 bits per heavy atom. The highest BCUT2D eigenvalue weighted by Gasteiger charge is 2.04. The maximum atomic E-state index is 4.51. The van der Waals surface area contributed by atoms with Crippen LogP contribution in [0.4, 0.5) is 17.5 Å². The summed E-state index contributed by atoms with van der Waals surface area (Å²) in [5, 5.41) is 6.59. The molecule has 0 unspecified atom stereocenters. The highest BCUT2D eigenvalue weighted by molar-refractivity contribution is 9.10. The lowest BCUT2D eigenvalue weighted by Crippen LogP contribution is -2.11. The van der Waals surface area contributed by atoms with Gasteiger partial charge < -0.3 is 10.6 Å². The van der Waals surface area contributed by atoms with Gasteiger partial charge in [0.25, 0.3) is 0 Å². The van der Waals surface area contributed by atoms with Crippen molar-refractivity contribution < 1.29 is 0 Å². The number of benzene rings is 1. The molecule has 0 aliphatic rings. The molecule has 4 nitrogen and oxygen atoms in total. The Hall–Kier alpha value is -1.62. The predicted molar refractivity (Wildman–Crippen MR) is 92.3 cm³/mol. The highest BCUT2D eigenvalue weighted by atomic mass is 79.9. The van der Waals surface area contributed by atoms with Crippen LogP contribution < -0.4 is 10.6 Å². The molecule has 2 rings (SSSR count). The molecule has 0 saturated heterocycles. The van der Waals surface area contributed by atoms with E-state index in [0.29, 0.717) is 11.9 Å². The smallest absolute Gasteiger partial charge is 0.224 e. The number of hydrogen-bond acceptors (Lipinski definition) is 4. The van der Waals surface area contributed by atoms with Crippen molar-refractivity contribution in [2.45, 2.75) is 27.7 Å². The number of aryl methyl sites for hydroxylation is 2. The summed E-state index contributed by atoms with van der Waals surface area (Å²) < 4.78 is 1.10. The molecule has 1 heterocycles. The van der Waals surface area contributed by atoms with Crippen molar-refractivity contribution in [3.63, 3.8) is 0 Å². The summed E-state index contributed by atoms with van der Waals surface area (Å²) in [6, 6.07) is 8.08. The molecule has 1 aromatic heterocycles. The average molecular weight is 349 g/mol. The minimum absolute atomic E-state index is 0.555. The lowest BCUT2D eigenvalue weighted by atomic mass is 10.2. The van der Waals surface area contributed by atoms with E-state index in [2.05, 4.69) is 63.4 Å². The molecule has 0 amide bonds. The Bertz CT molecular complexity index is 626. The Morgan fingerprint density at radius 1 is 1.14 bits per heavy atom. The van der Waals surface area contributed by atoms with Crippen LogP contribution in [0.2, 0.25) is 0 Å². The molecule has 0 fully saturated rings. The van der Waals surface area contributed by atoms with Gasteiger partial charge in [-0.05, 0) is 43.5 Å². The summed E-state index contributed by atoms with van der Waals surface area (Å²) in [6.45, 7) is 9.22. The Kier molecular flexibility index (Phi) is 5.17. The predicted octanol–water partition coefficient (Wildman–Crippen LogP) is 4.67. The second-order valence-electron chi connectivity index (χ2n) is 5.58. The molecule has 112 valence electrons. The summed E-state index contributed by atoms with van der Waals surface area (Å²) in [5.74, 6) is 2.02. The lowest BCUT2D eigenvalue weighted by molar-refractivity contribution is 0.684. The standard InChI is InChI=1S/C16H21BrN4/c1-10(2)9-18-16-19-12(4)8-15(21-16)20-13-5-6-14(17)11(3)7-13/h5-8,10H,9H2,1-4H3,(H2,18,19,20,21). The minimum Gasteiger partial charge on any atom is -0.354 e. The normalized spacial score (nSPS) is 10.8. The van der Waals surface area contributed by atoms with Crippen molar-refractivity contribution in [3.05, 3.63) is 40.0 Å². The molecule has 0 radical (unpaired) electrons. The molecule has 0 spiro atoms. The fourth-order valence-corrected chi connectivity index (χ4v) is 2.12. The highest BCUT2D eigenvalue weighted by Crippen LogP contribution is 2.23. The zero-order valence-corrected chi connectivity index (χ0v) is 14.5. The molecule has 2 aromatic rings. The number of nitrogens with zero attached hydrogens (tertiary/aromatic N) is 2. The van der Waals surface area contributed by atoms with Gasteiger partial charge in [-0.1, -0.05) is 29.8 Å². The topological polar surface area (TPSA) is 49.8 Å². The largest absolute Gasteiger partial charge is 0.354 e. The Labute approximate surface area is 134 Å². The minimum atomic E-state index is 0.555. The van der Waals surface area contributed by atoms with Crippen molar-refractivity contribution in [2.75, 3.05) is 17.2 Å². The Morgan fingerprint density at radius 2 is 1.90 bits per heavy atom. The zero-order chi connectivity index (χ0) is 15.4. The Balaban J connectivity index is 2.17. The van der Waals surface area contributed by atoms with Gasteiger partial charge in [0, 0.05) is 28.5 Å². The van der Waals surface area contributed by atoms with Crippen LogP contribution in [0.3, 0.4) is 0 Å². The van der Waals surface area contributed by atoms with Gasteiger partial charge >= 0.3 is 0 Å². The summed E-state index contributed by atoms with van der Waals surface area (Å²) in [4.78, 5) is 8.92. The van der Waals surface area contributed by atoms with Crippen LogP contribution in [0.25, 0.3) is 0 Å². The van der Waals surface area contributed by atoms with E-state index in [1.807, 2.05) is 25.1 Å². The first-order valence-electron chi connectivity index (χ1n) is 7.07. The van der Waals surface area contributed by atoms with Crippen LogP contribution in [-0.2, 0) is 0 Å². The van der Waals surface area contributed by atoms with Gasteiger partial charge in [-0.2, -0.15) is 4.98 Å². The molecule has 0 bridgehead atoms. The van der Waals surface area contributed by atoms with Crippen LogP contribution in [0.5, 0.6) is 0 Å². The lowest BCUT2D eigenvalue weighted by Gasteiger charge is -2.11. The van der Waals surface area contributed by atoms with E-state index in [-0.39, 0.29) is 0 Å². The number of aromatic nitrogens is 2. The number of halogens is 1. The molecule has 5 heteroatoms. The fraction of sp³-hybridized carbons (Fsp3) is 0.375. The summed E-state index contributed by atoms with van der Waals surface area (Å²) in [7, 11) is 0. The molecule has 0 atom stereocenters. The molecule has 0 aliphatic heterocycles. The van der Waals surface area contributed by atoms with Gasteiger partial charge in [-0.15, -0.1) is 0 Å². The van der Waals surface area contributed by atoms with Crippen LogP contribution in [0.15, 0.2) is 28.7 Å². The maximum Gasteiger partial charge on any atom is 0.224 e. The van der Waals surface area contributed by atoms with Crippen molar-refractivity contribution in [1.82, 2.24) is 9.97 Å². The summed E-state index contributed by atoms with van der Waals surface area (Å²) in [5.41, 5.74) is 3.14. The number of hydrogen-bond donors (Lipinski definition) is 2. The van der Waals surface area contributed by atoms with E-state index in [4.69, 9.17) is 0 Å². The van der Waals surface area contributed by atoms with Gasteiger partial charge in [-0.3, -0.25) is 0 Å². The second-order valence-corrected chi connectivity index (χ2v) is 6.44. The molecule has 0 aliphatic carbocycles. The SMILES string of the molecule is Cc1cc(Nc2ccc(Br)c(C)c2)nc(NCC(C)C)n1. The average Bonchev–Trinajstić information content (AvgIpc) is 2.40. The second kappa shape index (κ2) is 6.89. The van der Waals surface area contributed by atoms with E-state index < -0.39 is 0 Å². The van der Waals surface area contributed by atoms with Gasteiger partial charge in [-0.25, -0.2) is 4.98 Å². The van der Waals surface area contributed by atoms with Crippen molar-refractivity contribution >= 4 is 33.4 Å². The van der Waals surface area contributed by atoms with E-state index >= 15 is 0 Å². The zero-order valence-electron chi connectivity index (χ0n) is 12.9. The third-order valence-electron chi connectivity index (χ3n) is 2.95. The number of anilines is 3. The molecule has 1 aromatic carbocycles. The number of rotatable bonds is 5. The summed E-state index contributed by atoms with van der Waals surface area (Å²) in [6.07, 6.45) is 0. The number of nitrogens with one attached hydrogen (secondary N) is 2. The van der Waals surface area contributed by atoms with Crippen molar-refractivity contribution in [3.8, 4) is 0 Å². The van der Waals surface area contributed by atoms with Gasteiger partial charge in [0.2, 0.25) is 5.95 Å². The van der Waals surface area contributed by atoms with Crippen LogP contribution in [0.1, 0.15) is 25.1 Å². The monoisotopic (exact) mass is 348 g/mol. The van der Waals surface area contributed by atoms with E-state index in [9.17, 15) is 0 Å². The first-order chi connectivity index (χ1) is 9.94. The summed E-state index contributed by atoms with van der Waals surface area (Å²) >= 11 is 3.51. The third-order valence-corrected chi connectivity index (χ3v) is 3.84. The molecular weight excluding hydrogens is 328 g/mol. The van der Waals surface area contributed by atoms with E-state index in [0.717, 1.165) is 28.2 Å². The third kappa shape index (κ3) is 4.70. The van der Waals surface area contributed by atoms with Crippen molar-refractivity contribution in [2.24, 2.45) is 5.92 Å². The fourth-order valence-electron chi connectivity index (χ4n) is 1.88. The van der Waals surface area contributed by atoms with Gasteiger partial charge in [0.15, 0.2) is 0 Å². The van der Waals surface area contributed by atoms with Crippen LogP contribution in [0, 0.1) is 19.8 Å². The maximum absolute atomic E-state index is 4.51. The molecule has 0 saturated carbocycles.